The maximum Gasteiger partial charge on any atom is 2.00 e. The molecule has 1 radical (unpaired) electrons. The van der Waals surface area contributed by atoms with Crippen LogP contribution in [0.3, 0.4) is 0 Å². The summed E-state index contributed by atoms with van der Waals surface area (Å²) in [5, 5.41) is 0. The van der Waals surface area contributed by atoms with Crippen molar-refractivity contribution >= 4 is 23.8 Å². The third-order valence-electron chi connectivity index (χ3n) is 2.74. The first-order valence-corrected chi connectivity index (χ1v) is 6.38. The van der Waals surface area contributed by atoms with Gasteiger partial charge in [-0.15, -0.1) is 11.4 Å². The van der Waals surface area contributed by atoms with Crippen LogP contribution in [0.4, 0.5) is 11.4 Å². The van der Waals surface area contributed by atoms with Gasteiger partial charge in [-0.1, -0.05) is 48.5 Å². The van der Waals surface area contributed by atoms with Crippen molar-refractivity contribution in [2.45, 2.75) is 0 Å². The van der Waals surface area contributed by atoms with Crippen LogP contribution in [0.5, 0.6) is 0 Å². The summed E-state index contributed by atoms with van der Waals surface area (Å²) in [6.07, 6.45) is 3.41. The standard InChI is InChI=1S/C16H16N4.Cu/c17-15-7-3-1-5-13(15)11-19-9-10-20-12-14-6-2-4-8-16(14)18;/h1-8,11-12,17-18H,9-10H2;/q-2;+2. The number of rotatable bonds is 5. The topological polar surface area (TPSA) is 72.3 Å². The molecule has 111 valence electrons. The first-order valence-electron chi connectivity index (χ1n) is 6.38. The molecule has 0 aliphatic heterocycles. The van der Waals surface area contributed by atoms with Crippen LogP contribution in [0.15, 0.2) is 58.5 Å². The van der Waals surface area contributed by atoms with Crippen LogP contribution >= 0.6 is 0 Å². The third-order valence-corrected chi connectivity index (χ3v) is 2.74. The Morgan fingerprint density at radius 2 is 1.10 bits per heavy atom. The fraction of sp³-hybridized carbons (Fsp3) is 0.125. The Morgan fingerprint density at radius 1 is 0.714 bits per heavy atom. The molecule has 21 heavy (non-hydrogen) atoms. The van der Waals surface area contributed by atoms with Crippen molar-refractivity contribution in [1.82, 2.24) is 0 Å². The fourth-order valence-corrected chi connectivity index (χ4v) is 1.66. The quantitative estimate of drug-likeness (QED) is 0.437. The number of hydrogen-bond acceptors (Lipinski definition) is 2. The van der Waals surface area contributed by atoms with Crippen molar-refractivity contribution in [3.05, 3.63) is 71.1 Å². The van der Waals surface area contributed by atoms with Gasteiger partial charge >= 0.3 is 17.1 Å². The summed E-state index contributed by atoms with van der Waals surface area (Å²) in [5.74, 6) is 0. The molecule has 0 heterocycles. The van der Waals surface area contributed by atoms with Gasteiger partial charge in [0.1, 0.15) is 0 Å². The number of hydrogen-bond donors (Lipinski definition) is 0. The molecule has 0 aliphatic carbocycles. The maximum absolute atomic E-state index is 7.68. The Kier molecular flexibility index (Phi) is 7.22. The zero-order valence-electron chi connectivity index (χ0n) is 11.4. The Hall–Kier alpha value is -2.10. The molecule has 0 amide bonds. The smallest absolute Gasteiger partial charge is 0.698 e. The van der Waals surface area contributed by atoms with Crippen LogP contribution in [0.2, 0.25) is 0 Å². The largest absolute Gasteiger partial charge is 2.00 e. The fourth-order valence-electron chi connectivity index (χ4n) is 1.66. The average Bonchev–Trinajstić information content (AvgIpc) is 2.46. The van der Waals surface area contributed by atoms with Crippen LogP contribution in [-0.2, 0) is 17.1 Å². The average molecular weight is 328 g/mol. The molecule has 0 saturated heterocycles. The normalized spacial score (nSPS) is 10.9. The van der Waals surface area contributed by atoms with Gasteiger partial charge in [-0.25, -0.2) is 0 Å². The van der Waals surface area contributed by atoms with E-state index in [1.807, 2.05) is 36.4 Å². The minimum Gasteiger partial charge on any atom is -0.698 e. The van der Waals surface area contributed by atoms with Gasteiger partial charge in [-0.05, 0) is 11.1 Å². The molecule has 4 nitrogen and oxygen atoms in total. The first-order chi connectivity index (χ1) is 9.77. The van der Waals surface area contributed by atoms with E-state index in [1.54, 1.807) is 24.6 Å². The molecule has 2 aromatic rings. The van der Waals surface area contributed by atoms with Gasteiger partial charge in [0.2, 0.25) is 0 Å². The predicted octanol–water partition coefficient (Wildman–Crippen LogP) is 4.59. The Balaban J connectivity index is 0.00000220. The molecular formula is C16H16CuN4. The third kappa shape index (κ3) is 5.42. The first kappa shape index (κ1) is 17.0. The van der Waals surface area contributed by atoms with Crippen LogP contribution in [-0.4, -0.2) is 25.5 Å². The molecule has 0 unspecified atom stereocenters. The molecule has 5 heteroatoms. The molecule has 0 fully saturated rings. The van der Waals surface area contributed by atoms with Crippen LogP contribution < -0.4 is 0 Å². The van der Waals surface area contributed by atoms with Crippen molar-refractivity contribution in [3.8, 4) is 0 Å². The maximum atomic E-state index is 7.68. The van der Waals surface area contributed by atoms with E-state index in [2.05, 4.69) is 9.98 Å². The Morgan fingerprint density at radius 3 is 1.48 bits per heavy atom. The SMILES string of the molecule is [Cu+2].[NH-]c1ccccc1C=NCCN=Cc1ccccc1[NH-]. The van der Waals surface area contributed by atoms with Crippen molar-refractivity contribution in [1.29, 1.82) is 0 Å². The minimum atomic E-state index is 0. The second kappa shape index (κ2) is 8.95. The molecule has 0 spiro atoms. The van der Waals surface area contributed by atoms with Gasteiger partial charge < -0.3 is 11.5 Å². The van der Waals surface area contributed by atoms with Crippen molar-refractivity contribution in [2.75, 3.05) is 13.1 Å². The molecule has 0 aliphatic rings. The van der Waals surface area contributed by atoms with Crippen molar-refractivity contribution in [2.24, 2.45) is 9.98 Å². The van der Waals surface area contributed by atoms with Crippen LogP contribution in [0.1, 0.15) is 11.1 Å². The summed E-state index contributed by atoms with van der Waals surface area (Å²) in [6, 6.07) is 14.7. The van der Waals surface area contributed by atoms with E-state index >= 15 is 0 Å². The summed E-state index contributed by atoms with van der Waals surface area (Å²) in [7, 11) is 0. The van der Waals surface area contributed by atoms with Crippen molar-refractivity contribution in [3.63, 3.8) is 0 Å². The molecular weight excluding hydrogens is 312 g/mol. The summed E-state index contributed by atoms with van der Waals surface area (Å²) in [6.45, 7) is 1.15. The molecule has 2 rings (SSSR count). The molecule has 0 atom stereocenters. The second-order valence-electron chi connectivity index (χ2n) is 4.25. The monoisotopic (exact) mass is 327 g/mol. The minimum absolute atomic E-state index is 0. The van der Waals surface area contributed by atoms with Gasteiger partial charge in [-0.2, -0.15) is 0 Å². The number of nitrogens with one attached hydrogen (secondary N) is 2. The second-order valence-corrected chi connectivity index (χ2v) is 4.25. The summed E-state index contributed by atoms with van der Waals surface area (Å²) >= 11 is 0. The van der Waals surface area contributed by atoms with Gasteiger partial charge in [0.05, 0.1) is 13.1 Å². The Labute approximate surface area is 135 Å². The summed E-state index contributed by atoms with van der Waals surface area (Å²) in [4.78, 5) is 8.50. The molecule has 0 saturated carbocycles. The zero-order chi connectivity index (χ0) is 14.2. The molecule has 2 N–H and O–H groups in total. The van der Waals surface area contributed by atoms with Gasteiger partial charge in [-0.3, -0.25) is 9.98 Å². The van der Waals surface area contributed by atoms with E-state index in [0.29, 0.717) is 24.5 Å². The Bertz CT molecular complexity index is 568. The van der Waals surface area contributed by atoms with Gasteiger partial charge in [0.15, 0.2) is 0 Å². The van der Waals surface area contributed by atoms with Gasteiger partial charge in [0.25, 0.3) is 0 Å². The summed E-state index contributed by atoms with van der Waals surface area (Å²) < 4.78 is 0. The molecule has 2 aromatic carbocycles. The molecule has 0 aromatic heterocycles. The van der Waals surface area contributed by atoms with E-state index in [1.165, 1.54) is 0 Å². The number of nitrogens with zero attached hydrogens (tertiary/aromatic N) is 2. The van der Waals surface area contributed by atoms with E-state index in [0.717, 1.165) is 11.1 Å². The van der Waals surface area contributed by atoms with Gasteiger partial charge in [0, 0.05) is 12.4 Å². The van der Waals surface area contributed by atoms with E-state index < -0.39 is 0 Å². The van der Waals surface area contributed by atoms with E-state index in [9.17, 15) is 0 Å². The predicted molar refractivity (Wildman–Crippen MR) is 85.8 cm³/mol. The van der Waals surface area contributed by atoms with E-state index in [4.69, 9.17) is 11.5 Å². The van der Waals surface area contributed by atoms with Crippen molar-refractivity contribution < 1.29 is 17.1 Å². The molecule has 0 bridgehead atoms. The van der Waals surface area contributed by atoms with Crippen LogP contribution in [0.25, 0.3) is 11.5 Å². The number of aliphatic imine (C=N–C) groups is 2. The van der Waals surface area contributed by atoms with E-state index in [-0.39, 0.29) is 17.1 Å². The zero-order valence-corrected chi connectivity index (χ0v) is 12.3. The van der Waals surface area contributed by atoms with Crippen LogP contribution in [0, 0.1) is 0 Å². The number of benzene rings is 2. The summed E-state index contributed by atoms with van der Waals surface area (Å²) in [5.41, 5.74) is 17.9.